The van der Waals surface area contributed by atoms with Crippen LogP contribution < -0.4 is 26.8 Å². The predicted molar refractivity (Wildman–Crippen MR) is 431 cm³/mol. The van der Waals surface area contributed by atoms with Gasteiger partial charge in [0.2, 0.25) is 5.56 Å². The van der Waals surface area contributed by atoms with Gasteiger partial charge < -0.3 is 26.3 Å². The number of allylic oxidation sites excluding steroid dienone is 1. The Hall–Kier alpha value is -10.2. The molecule has 5 heterocycles. The summed E-state index contributed by atoms with van der Waals surface area (Å²) in [5.41, 5.74) is 24.9. The molecule has 0 unspecified atom stereocenters. The van der Waals surface area contributed by atoms with E-state index >= 15 is 0 Å². The standard InChI is InChI=1S/C14H16O.C12H14N2O.C12H14N2.C12H14O.C11H13FO.C11H13NO.C11H13N.C8H11NO/c1-9(2)10-3-4-12-11(7-10)13(15)8-14(12)5-6-14;1-7(2)9-5-4-6-10-8(3)13-12(15)14-11(9)10;1-8(2)10-5-4-6-11-9(3)13-7-14-12(10)11;1-8(2)10-4-3-9-5-6-12(13)11(9)7-10;1-7(2)9-4-5-11(12)10(6-9)8(3)13;1-7(2)8-4-3-5-9-10(8)6-12-11(9)13;1-8(2)10-6-9-4-3-5-11(9)12-7-10;1-6(2)7-3-4-9-8(10)5-7/h3-4,7,9H,5-6,8H2,1-2H3;4-7H,3H2,1-2H3,(H2,13,14,15);4-8H,3H2,1-2H3,(H,13,14);3-4,7-8H,5-6H2,1-2H3;4-7H,1-3H3;3-5,7H,6H2,1-2H3,(H,12,13);3-4,6-8H,5H2,1-2H3;3-6H,1-2H3,(H,9,10). The van der Waals surface area contributed by atoms with Gasteiger partial charge in [0, 0.05) is 88.9 Å². The number of anilines is 1. The highest BCUT2D eigenvalue weighted by molar-refractivity contribution is 6.04. The second kappa shape index (κ2) is 36.0. The molecule has 6 aromatic carbocycles. The number of H-pyrrole nitrogens is 1. The number of para-hydroxylation sites is 2. The van der Waals surface area contributed by atoms with Crippen molar-refractivity contribution in [2.45, 2.75) is 216 Å². The number of nitrogens with zero attached hydrogens (tertiary/aromatic N) is 2. The number of pyridine rings is 2. The molecule has 1 fully saturated rings. The van der Waals surface area contributed by atoms with E-state index in [0.29, 0.717) is 77.6 Å². The van der Waals surface area contributed by atoms with Crippen molar-refractivity contribution < 1.29 is 28.4 Å². The molecule has 105 heavy (non-hydrogen) atoms. The molecular formula is C91H108FN7O6. The average molecular weight is 1410 g/mol. The molecule has 0 atom stereocenters. The van der Waals surface area contributed by atoms with Crippen LogP contribution in [-0.4, -0.2) is 45.6 Å². The van der Waals surface area contributed by atoms with Crippen LogP contribution in [0.3, 0.4) is 0 Å². The molecular weight excluding hydrogens is 1310 g/mol. The maximum atomic E-state index is 13.1. The minimum atomic E-state index is -0.433. The molecule has 5 N–H and O–H groups in total. The lowest BCUT2D eigenvalue weighted by Gasteiger charge is -2.24. The number of aliphatic imine (C=N–C) groups is 1. The maximum Gasteiger partial charge on any atom is 0.323 e. The number of rotatable bonds is 9. The molecule has 3 aliphatic heterocycles. The molecule has 0 saturated heterocycles. The Balaban J connectivity index is 0.000000152. The van der Waals surface area contributed by atoms with Crippen LogP contribution in [-0.2, 0) is 24.8 Å². The number of aryl methyl sites for hydroxylation is 1. The lowest BCUT2D eigenvalue weighted by molar-refractivity contribution is 0.0961. The predicted octanol–water partition coefficient (Wildman–Crippen LogP) is 21.8. The number of aromatic nitrogens is 2. The number of urea groups is 1. The summed E-state index contributed by atoms with van der Waals surface area (Å²) in [6.07, 6.45) is 15.6. The van der Waals surface area contributed by atoms with E-state index in [1.807, 2.05) is 62.5 Å². The zero-order valence-electron chi connectivity index (χ0n) is 64.7. The van der Waals surface area contributed by atoms with Gasteiger partial charge in [-0.05, 0) is 183 Å². The van der Waals surface area contributed by atoms with Gasteiger partial charge in [-0.2, -0.15) is 0 Å². The molecule has 0 bridgehead atoms. The first-order valence-electron chi connectivity index (χ1n) is 37.2. The number of aromatic amines is 1. The topological polar surface area (TPSA) is 192 Å². The van der Waals surface area contributed by atoms with Gasteiger partial charge in [-0.15, -0.1) is 0 Å². The second-order valence-electron chi connectivity index (χ2n) is 30.5. The van der Waals surface area contributed by atoms with Crippen molar-refractivity contribution in [2.75, 3.05) is 5.32 Å². The van der Waals surface area contributed by atoms with Crippen LogP contribution >= 0.6 is 0 Å². The van der Waals surface area contributed by atoms with Gasteiger partial charge in [-0.3, -0.25) is 29.0 Å². The largest absolute Gasteiger partial charge is 0.348 e. The van der Waals surface area contributed by atoms with Crippen LogP contribution in [0.2, 0.25) is 0 Å². The van der Waals surface area contributed by atoms with E-state index in [1.54, 1.807) is 30.7 Å². The second-order valence-corrected chi connectivity index (χ2v) is 30.5. The summed E-state index contributed by atoms with van der Waals surface area (Å²) in [7, 11) is 0. The van der Waals surface area contributed by atoms with E-state index in [4.69, 9.17) is 0 Å². The maximum absolute atomic E-state index is 13.1. The number of nitrogens with one attached hydrogen (secondary N) is 5. The molecule has 4 aliphatic carbocycles. The van der Waals surface area contributed by atoms with Gasteiger partial charge in [0.1, 0.15) is 5.82 Å². The third-order valence-corrected chi connectivity index (χ3v) is 20.0. The summed E-state index contributed by atoms with van der Waals surface area (Å²) < 4.78 is 13.1. The lowest BCUT2D eigenvalue weighted by Crippen LogP contribution is -2.32. The van der Waals surface area contributed by atoms with Gasteiger partial charge in [0.05, 0.1) is 29.0 Å². The molecule has 1 saturated carbocycles. The van der Waals surface area contributed by atoms with Gasteiger partial charge in [-0.1, -0.05) is 215 Å². The minimum Gasteiger partial charge on any atom is -0.348 e. The van der Waals surface area contributed by atoms with Crippen LogP contribution in [0.4, 0.5) is 20.6 Å². The molecule has 2 aromatic heterocycles. The van der Waals surface area contributed by atoms with Crippen LogP contribution in [0, 0.1) is 5.82 Å². The number of amides is 3. The molecule has 13 nitrogen and oxygen atoms in total. The Morgan fingerprint density at radius 1 is 0.543 bits per heavy atom. The SMILES string of the molecule is C=C1NC(=O)Nc2c1cccc2C(C)C.C=C1NC=Nc2c1cccc2C(C)C.CC(=O)c1cc(C(C)C)ccc1F.CC(C)c1cc[nH]c(=O)c1.CC(C)c1ccc2c(c1)C(=O)CC2.CC(C)c1ccc2c(c1)C(=O)CC21CC1.CC(C)c1cccc2c1CNC2=O.CC(C)c1cnc2c(c1)C=CC2. The number of fused-ring (bicyclic) bond motifs is 7. The van der Waals surface area contributed by atoms with Crippen molar-refractivity contribution in [2.24, 2.45) is 4.99 Å². The first kappa shape index (κ1) is 80.5. The van der Waals surface area contributed by atoms with E-state index in [0.717, 1.165) is 80.8 Å². The summed E-state index contributed by atoms with van der Waals surface area (Å²) in [4.78, 5) is 79.1. The van der Waals surface area contributed by atoms with E-state index in [1.165, 1.54) is 81.6 Å². The van der Waals surface area contributed by atoms with Crippen LogP contribution in [0.25, 0.3) is 17.5 Å². The fourth-order valence-electron chi connectivity index (χ4n) is 13.2. The number of halogens is 1. The Bertz CT molecular complexity index is 4630. The van der Waals surface area contributed by atoms with Crippen molar-refractivity contribution in [3.63, 3.8) is 0 Å². The summed E-state index contributed by atoms with van der Waals surface area (Å²) >= 11 is 0. The number of hydrogen-bond acceptors (Lipinski definition) is 9. The number of carbonyl (C=O) groups is 5. The normalized spacial score (nSPS) is 14.5. The van der Waals surface area contributed by atoms with E-state index < -0.39 is 5.82 Å². The zero-order valence-corrected chi connectivity index (χ0v) is 64.7. The Morgan fingerprint density at radius 2 is 1.11 bits per heavy atom. The number of carbonyl (C=O) groups excluding carboxylic acids is 5. The molecule has 1 spiro atoms. The third kappa shape index (κ3) is 20.6. The van der Waals surface area contributed by atoms with Crippen molar-refractivity contribution in [1.82, 2.24) is 25.9 Å². The molecule has 15 rings (SSSR count). The summed E-state index contributed by atoms with van der Waals surface area (Å²) in [5, 5.41) is 11.3. The summed E-state index contributed by atoms with van der Waals surface area (Å²) in [6, 6.07) is 41.3. The molecule has 14 heteroatoms. The van der Waals surface area contributed by atoms with Gasteiger partial charge >= 0.3 is 6.03 Å². The Labute approximate surface area is 622 Å². The van der Waals surface area contributed by atoms with Crippen LogP contribution in [0.15, 0.2) is 169 Å². The fraction of sp³-hybridized carbons (Fsp3) is 0.363. The molecule has 550 valence electrons. The molecule has 8 aromatic rings. The Kier molecular flexibility index (Phi) is 27.6. The fourth-order valence-corrected chi connectivity index (χ4v) is 13.2. The zero-order chi connectivity index (χ0) is 76.7. The molecule has 0 radical (unpaired) electrons. The molecule has 7 aliphatic rings. The Morgan fingerprint density at radius 3 is 1.71 bits per heavy atom. The first-order chi connectivity index (χ1) is 49.8. The monoisotopic (exact) mass is 1410 g/mol. The van der Waals surface area contributed by atoms with Crippen molar-refractivity contribution in [3.8, 4) is 0 Å². The highest BCUT2D eigenvalue weighted by Crippen LogP contribution is 2.57. The highest BCUT2D eigenvalue weighted by atomic mass is 19.1. The number of ketones is 3. The summed E-state index contributed by atoms with van der Waals surface area (Å²) in [6.45, 7) is 43.9. The minimum absolute atomic E-state index is 0.0220. The van der Waals surface area contributed by atoms with Crippen molar-refractivity contribution in [3.05, 3.63) is 281 Å². The molecule has 3 amide bonds. The van der Waals surface area contributed by atoms with E-state index in [2.05, 4.69) is 219 Å². The van der Waals surface area contributed by atoms with Crippen LogP contribution in [0.1, 0.15) is 316 Å². The number of Topliss-reactive ketones (excluding diaryl/α,β-unsaturated/α-hetero) is 3. The van der Waals surface area contributed by atoms with Crippen molar-refractivity contribution in [1.29, 1.82) is 0 Å². The smallest absolute Gasteiger partial charge is 0.323 e. The summed E-state index contributed by atoms with van der Waals surface area (Å²) in [5.74, 6) is 3.81. The van der Waals surface area contributed by atoms with Gasteiger partial charge in [-0.25, -0.2) is 14.2 Å². The average Bonchev–Trinajstić information content (AvgIpc) is 1.56. The van der Waals surface area contributed by atoms with E-state index in [9.17, 15) is 33.2 Å². The number of hydrogen-bond donors (Lipinski definition) is 5. The van der Waals surface area contributed by atoms with E-state index in [-0.39, 0.29) is 34.3 Å². The lowest BCUT2D eigenvalue weighted by atomic mass is 9.94. The van der Waals surface area contributed by atoms with Gasteiger partial charge in [0.15, 0.2) is 17.3 Å². The van der Waals surface area contributed by atoms with Crippen LogP contribution in [0.5, 0.6) is 0 Å². The highest BCUT2D eigenvalue weighted by Gasteiger charge is 2.52. The third-order valence-electron chi connectivity index (χ3n) is 20.0. The van der Waals surface area contributed by atoms with Crippen molar-refractivity contribution >= 4 is 64.5 Å². The van der Waals surface area contributed by atoms with Gasteiger partial charge in [0.25, 0.3) is 5.91 Å². The quantitative estimate of drug-likeness (QED) is 0.0882. The first-order valence-corrected chi connectivity index (χ1v) is 37.2. The number of benzene rings is 6.